The van der Waals surface area contributed by atoms with Gasteiger partial charge in [0.2, 0.25) is 15.9 Å². The fraction of sp³-hybridized carbons (Fsp3) is 0.579. The molecule has 1 fully saturated rings. The van der Waals surface area contributed by atoms with Gasteiger partial charge in [0.05, 0.1) is 30.2 Å². The summed E-state index contributed by atoms with van der Waals surface area (Å²) in [5.74, 6) is -0.196. The third-order valence-electron chi connectivity index (χ3n) is 4.22. The van der Waals surface area contributed by atoms with Crippen molar-refractivity contribution in [3.05, 3.63) is 23.8 Å². The zero-order chi connectivity index (χ0) is 21.6. The molecule has 0 aromatic heterocycles. The Labute approximate surface area is 172 Å². The normalized spacial score (nSPS) is 17.8. The van der Waals surface area contributed by atoms with Crippen molar-refractivity contribution in [3.8, 4) is 0 Å². The minimum Gasteiger partial charge on any atom is -0.374 e. The molecule has 1 aliphatic rings. The number of benzene rings is 1. The second kappa shape index (κ2) is 10.0. The molecular formula is C19H30N4O5S. The Morgan fingerprint density at radius 1 is 1.31 bits per heavy atom. The zero-order valence-electron chi connectivity index (χ0n) is 17.3. The zero-order valence-corrected chi connectivity index (χ0v) is 18.1. The maximum atomic E-state index is 12.8. The van der Waals surface area contributed by atoms with Gasteiger partial charge in [0, 0.05) is 38.8 Å². The molecule has 1 aliphatic heterocycles. The second-order valence-electron chi connectivity index (χ2n) is 7.67. The van der Waals surface area contributed by atoms with Crippen LogP contribution < -0.4 is 15.4 Å². The summed E-state index contributed by atoms with van der Waals surface area (Å²) >= 11 is 0. The van der Waals surface area contributed by atoms with Gasteiger partial charge >= 0.3 is 0 Å². The summed E-state index contributed by atoms with van der Waals surface area (Å²) < 4.78 is 31.3. The lowest BCUT2D eigenvalue weighted by Crippen LogP contribution is -2.48. The fourth-order valence-electron chi connectivity index (χ4n) is 3.19. The number of sulfonamides is 1. The monoisotopic (exact) mass is 426 g/mol. The number of carbonyl (C=O) groups excluding carboxylic acids is 2. The van der Waals surface area contributed by atoms with Crippen molar-refractivity contribution in [1.29, 1.82) is 0 Å². The van der Waals surface area contributed by atoms with Crippen molar-refractivity contribution in [1.82, 2.24) is 10.2 Å². The van der Waals surface area contributed by atoms with Gasteiger partial charge in [0.15, 0.2) is 0 Å². The Hall–Kier alpha value is -2.17. The lowest BCUT2D eigenvalue weighted by molar-refractivity contribution is -0.114. The Kier molecular flexibility index (Phi) is 8.00. The summed E-state index contributed by atoms with van der Waals surface area (Å²) in [6, 6.07) is 4.42. The van der Waals surface area contributed by atoms with E-state index in [0.29, 0.717) is 24.8 Å². The van der Waals surface area contributed by atoms with Crippen LogP contribution in [0.15, 0.2) is 18.2 Å². The highest BCUT2D eigenvalue weighted by Gasteiger charge is 2.22. The van der Waals surface area contributed by atoms with Gasteiger partial charge < -0.3 is 15.4 Å². The fourth-order valence-corrected chi connectivity index (χ4v) is 3.77. The number of nitrogens with zero attached hydrogens (tertiary/aromatic N) is 1. The van der Waals surface area contributed by atoms with Gasteiger partial charge in [0.1, 0.15) is 0 Å². The van der Waals surface area contributed by atoms with Crippen LogP contribution in [0.25, 0.3) is 0 Å². The number of anilines is 2. The largest absolute Gasteiger partial charge is 0.374 e. The molecule has 29 heavy (non-hydrogen) atoms. The standard InChI is InChI=1S/C19H30N4O5S/c1-13(2)11-23-7-8-28-16(12-23)10-20-19(25)17-9-15(21-14(3)24)5-6-18(17)22-29(4,26)27/h5-6,9,13,16,22H,7-8,10-12H2,1-4H3,(H,20,25)(H,21,24). The van der Waals surface area contributed by atoms with Crippen molar-refractivity contribution < 1.29 is 22.7 Å². The van der Waals surface area contributed by atoms with E-state index in [1.54, 1.807) is 0 Å². The molecule has 162 valence electrons. The maximum Gasteiger partial charge on any atom is 0.253 e. The molecule has 1 aromatic carbocycles. The number of hydrogen-bond donors (Lipinski definition) is 3. The quantitative estimate of drug-likeness (QED) is 0.573. The van der Waals surface area contributed by atoms with Gasteiger partial charge in [-0.3, -0.25) is 19.2 Å². The summed E-state index contributed by atoms with van der Waals surface area (Å²) in [6.45, 7) is 9.13. The second-order valence-corrected chi connectivity index (χ2v) is 9.42. The highest BCUT2D eigenvalue weighted by Crippen LogP contribution is 2.22. The highest BCUT2D eigenvalue weighted by atomic mass is 32.2. The van der Waals surface area contributed by atoms with Crippen LogP contribution in [0.1, 0.15) is 31.1 Å². The minimum atomic E-state index is -3.57. The summed E-state index contributed by atoms with van der Waals surface area (Å²) in [5, 5.41) is 5.40. The first-order chi connectivity index (χ1) is 13.5. The molecule has 0 bridgehead atoms. The number of nitrogens with one attached hydrogen (secondary N) is 3. The van der Waals surface area contributed by atoms with Gasteiger partial charge in [-0.05, 0) is 24.1 Å². The predicted molar refractivity (Wildman–Crippen MR) is 113 cm³/mol. The molecule has 3 N–H and O–H groups in total. The van der Waals surface area contributed by atoms with Gasteiger partial charge in [0.25, 0.3) is 5.91 Å². The van der Waals surface area contributed by atoms with E-state index in [4.69, 9.17) is 4.74 Å². The minimum absolute atomic E-state index is 0.122. The number of amides is 2. The van der Waals surface area contributed by atoms with Gasteiger partial charge in [-0.25, -0.2) is 8.42 Å². The van der Waals surface area contributed by atoms with Crippen molar-refractivity contribution in [2.75, 3.05) is 49.1 Å². The molecule has 0 radical (unpaired) electrons. The summed E-state index contributed by atoms with van der Waals surface area (Å²) in [6.07, 6.45) is 0.867. The van der Waals surface area contributed by atoms with Crippen LogP contribution in [-0.2, 0) is 19.6 Å². The predicted octanol–water partition coefficient (Wildman–Crippen LogP) is 1.10. The topological polar surface area (TPSA) is 117 Å². The van der Waals surface area contributed by atoms with Crippen LogP contribution >= 0.6 is 0 Å². The molecule has 0 aliphatic carbocycles. The third kappa shape index (κ3) is 8.00. The van der Waals surface area contributed by atoms with Gasteiger partial charge in [-0.15, -0.1) is 0 Å². The van der Waals surface area contributed by atoms with Crippen molar-refractivity contribution in [2.45, 2.75) is 26.9 Å². The molecule has 10 heteroatoms. The molecule has 0 saturated carbocycles. The third-order valence-corrected chi connectivity index (χ3v) is 4.81. The summed E-state index contributed by atoms with van der Waals surface area (Å²) in [4.78, 5) is 26.4. The molecule has 2 rings (SSSR count). The molecule has 1 aromatic rings. The van der Waals surface area contributed by atoms with E-state index in [2.05, 4.69) is 34.1 Å². The van der Waals surface area contributed by atoms with E-state index >= 15 is 0 Å². The molecule has 1 atom stereocenters. The maximum absolute atomic E-state index is 12.8. The number of rotatable bonds is 8. The first kappa shape index (κ1) is 23.1. The molecule has 9 nitrogen and oxygen atoms in total. The average molecular weight is 427 g/mol. The first-order valence-electron chi connectivity index (χ1n) is 9.55. The first-order valence-corrected chi connectivity index (χ1v) is 11.4. The van der Waals surface area contributed by atoms with Crippen molar-refractivity contribution >= 4 is 33.2 Å². The molecule has 1 saturated heterocycles. The molecule has 1 unspecified atom stereocenters. The highest BCUT2D eigenvalue weighted by molar-refractivity contribution is 7.92. The van der Waals surface area contributed by atoms with Crippen molar-refractivity contribution in [2.24, 2.45) is 5.92 Å². The van der Waals surface area contributed by atoms with Crippen LogP contribution in [0.3, 0.4) is 0 Å². The van der Waals surface area contributed by atoms with Crippen LogP contribution in [0.5, 0.6) is 0 Å². The molecular weight excluding hydrogens is 396 g/mol. The van der Waals surface area contributed by atoms with E-state index in [9.17, 15) is 18.0 Å². The number of carbonyl (C=O) groups is 2. The summed E-state index contributed by atoms with van der Waals surface area (Å²) in [7, 11) is -3.57. The Bertz CT molecular complexity index is 841. The Morgan fingerprint density at radius 3 is 2.66 bits per heavy atom. The smallest absolute Gasteiger partial charge is 0.253 e. The number of hydrogen-bond acceptors (Lipinski definition) is 6. The van der Waals surface area contributed by atoms with Crippen LogP contribution in [-0.4, -0.2) is 70.3 Å². The van der Waals surface area contributed by atoms with Crippen molar-refractivity contribution in [3.63, 3.8) is 0 Å². The Balaban J connectivity index is 2.10. The van der Waals surface area contributed by atoms with E-state index in [1.807, 2.05) is 0 Å². The van der Waals surface area contributed by atoms with Gasteiger partial charge in [-0.1, -0.05) is 13.8 Å². The molecule has 0 spiro atoms. The molecule has 2 amide bonds. The number of ether oxygens (including phenoxy) is 1. The van der Waals surface area contributed by atoms with E-state index in [0.717, 1.165) is 25.9 Å². The lowest BCUT2D eigenvalue weighted by atomic mass is 10.1. The van der Waals surface area contributed by atoms with Gasteiger partial charge in [-0.2, -0.15) is 0 Å². The molecule has 1 heterocycles. The van der Waals surface area contributed by atoms with Crippen LogP contribution in [0, 0.1) is 5.92 Å². The van der Waals surface area contributed by atoms with E-state index < -0.39 is 15.9 Å². The number of morpholine rings is 1. The van der Waals surface area contributed by atoms with E-state index in [1.165, 1.54) is 25.1 Å². The average Bonchev–Trinajstić information content (AvgIpc) is 2.59. The Morgan fingerprint density at radius 2 is 2.03 bits per heavy atom. The SMILES string of the molecule is CC(=O)Nc1ccc(NS(C)(=O)=O)c(C(=O)NCC2CN(CC(C)C)CCO2)c1. The summed E-state index contributed by atoms with van der Waals surface area (Å²) in [5.41, 5.74) is 0.667. The van der Waals surface area contributed by atoms with Crippen LogP contribution in [0.2, 0.25) is 0 Å². The van der Waals surface area contributed by atoms with Crippen LogP contribution in [0.4, 0.5) is 11.4 Å². The van der Waals surface area contributed by atoms with E-state index in [-0.39, 0.29) is 23.3 Å². The lowest BCUT2D eigenvalue weighted by Gasteiger charge is -2.34.